The molecule has 1 N–H and O–H groups in total. The quantitative estimate of drug-likeness (QED) is 0.751. The summed E-state index contributed by atoms with van der Waals surface area (Å²) in [6, 6.07) is 5.65. The zero-order valence-corrected chi connectivity index (χ0v) is 15.9. The maximum absolute atomic E-state index is 12.8. The van der Waals surface area contributed by atoms with Crippen molar-refractivity contribution in [3.8, 4) is 11.5 Å². The Kier molecular flexibility index (Phi) is 3.60. The highest BCUT2D eigenvalue weighted by molar-refractivity contribution is 9.10. The van der Waals surface area contributed by atoms with Gasteiger partial charge in [0.25, 0.3) is 0 Å². The van der Waals surface area contributed by atoms with Crippen LogP contribution in [0.5, 0.6) is 11.5 Å². The minimum atomic E-state index is 0.134. The number of carbonyl (C=O) groups is 1. The number of alkyl halides is 1. The summed E-state index contributed by atoms with van der Waals surface area (Å²) in [7, 11) is 0. The highest BCUT2D eigenvalue weighted by Gasteiger charge is 2.57. The topological polar surface area (TPSA) is 47.6 Å². The second-order valence-corrected chi connectivity index (χ2v) is 10.4. The van der Waals surface area contributed by atoms with Crippen LogP contribution in [0.25, 0.3) is 0 Å². The SMILES string of the molecule is O=C(CC12C[C@@H]3C[C@@H](CC(Br)(C3)C1)C2)Nc1ccc2c(c1)OCCO2. The summed E-state index contributed by atoms with van der Waals surface area (Å²) in [5.74, 6) is 3.23. The number of amides is 1. The fraction of sp³-hybridized carbons (Fsp3) is 0.650. The number of nitrogens with one attached hydrogen (secondary N) is 1. The first-order valence-corrected chi connectivity index (χ1v) is 10.2. The summed E-state index contributed by atoms with van der Waals surface area (Å²) in [5, 5.41) is 3.09. The molecule has 0 aromatic heterocycles. The van der Waals surface area contributed by atoms with Crippen LogP contribution >= 0.6 is 15.9 Å². The molecule has 0 spiro atoms. The van der Waals surface area contributed by atoms with Crippen molar-refractivity contribution in [1.82, 2.24) is 0 Å². The van der Waals surface area contributed by atoms with Crippen LogP contribution in [0.15, 0.2) is 18.2 Å². The summed E-state index contributed by atoms with van der Waals surface area (Å²) >= 11 is 4.03. The van der Waals surface area contributed by atoms with Crippen molar-refractivity contribution in [1.29, 1.82) is 0 Å². The van der Waals surface area contributed by atoms with Gasteiger partial charge in [-0.25, -0.2) is 0 Å². The van der Waals surface area contributed by atoms with E-state index in [0.29, 0.717) is 24.0 Å². The molecule has 1 heterocycles. The van der Waals surface area contributed by atoms with E-state index in [4.69, 9.17) is 9.47 Å². The number of hydrogen-bond acceptors (Lipinski definition) is 3. The average molecular weight is 406 g/mol. The number of carbonyl (C=O) groups excluding carboxylic acids is 1. The first-order valence-electron chi connectivity index (χ1n) is 9.39. The van der Waals surface area contributed by atoms with Crippen molar-refractivity contribution in [2.24, 2.45) is 17.3 Å². The number of anilines is 1. The molecule has 5 heteroatoms. The van der Waals surface area contributed by atoms with Crippen LogP contribution in [0, 0.1) is 17.3 Å². The molecule has 0 saturated heterocycles. The molecular weight excluding hydrogens is 382 g/mol. The fourth-order valence-electron chi connectivity index (χ4n) is 6.21. The van der Waals surface area contributed by atoms with E-state index in [0.717, 1.165) is 35.4 Å². The van der Waals surface area contributed by atoms with Crippen molar-refractivity contribution >= 4 is 27.5 Å². The van der Waals surface area contributed by atoms with Crippen molar-refractivity contribution < 1.29 is 14.3 Å². The molecule has 25 heavy (non-hydrogen) atoms. The molecule has 5 aliphatic rings. The van der Waals surface area contributed by atoms with Gasteiger partial charge < -0.3 is 14.8 Å². The van der Waals surface area contributed by atoms with Crippen LogP contribution in [-0.4, -0.2) is 23.4 Å². The van der Waals surface area contributed by atoms with Gasteiger partial charge in [-0.3, -0.25) is 4.79 Å². The maximum Gasteiger partial charge on any atom is 0.224 e. The molecule has 6 rings (SSSR count). The van der Waals surface area contributed by atoms with Gasteiger partial charge in [0.2, 0.25) is 5.91 Å². The van der Waals surface area contributed by atoms with E-state index in [1.807, 2.05) is 18.2 Å². The van der Waals surface area contributed by atoms with Gasteiger partial charge in [-0.15, -0.1) is 0 Å². The van der Waals surface area contributed by atoms with Crippen molar-refractivity contribution in [2.45, 2.75) is 49.3 Å². The van der Waals surface area contributed by atoms with Gasteiger partial charge in [0.05, 0.1) is 0 Å². The summed E-state index contributed by atoms with van der Waals surface area (Å²) in [4.78, 5) is 12.8. The Morgan fingerprint density at radius 1 is 1.12 bits per heavy atom. The zero-order valence-electron chi connectivity index (χ0n) is 14.4. The fourth-order valence-corrected chi connectivity index (χ4v) is 7.72. The average Bonchev–Trinajstić information content (AvgIpc) is 2.51. The van der Waals surface area contributed by atoms with Crippen LogP contribution in [-0.2, 0) is 4.79 Å². The molecule has 0 radical (unpaired) electrons. The Balaban J connectivity index is 1.29. The van der Waals surface area contributed by atoms with E-state index in [1.165, 1.54) is 32.1 Å². The lowest BCUT2D eigenvalue weighted by Crippen LogP contribution is -2.53. The third-order valence-electron chi connectivity index (χ3n) is 6.47. The molecule has 1 aromatic rings. The molecule has 134 valence electrons. The third kappa shape index (κ3) is 2.94. The van der Waals surface area contributed by atoms with E-state index in [1.54, 1.807) is 0 Å². The van der Waals surface area contributed by atoms with E-state index < -0.39 is 0 Å². The van der Waals surface area contributed by atoms with Gasteiger partial charge in [-0.1, -0.05) is 15.9 Å². The Morgan fingerprint density at radius 2 is 1.84 bits per heavy atom. The largest absolute Gasteiger partial charge is 0.486 e. The highest BCUT2D eigenvalue weighted by atomic mass is 79.9. The van der Waals surface area contributed by atoms with Gasteiger partial charge in [0.15, 0.2) is 11.5 Å². The molecule has 1 aliphatic heterocycles. The summed E-state index contributed by atoms with van der Waals surface area (Å²) in [5.41, 5.74) is 0.999. The predicted molar refractivity (Wildman–Crippen MR) is 99.5 cm³/mol. The summed E-state index contributed by atoms with van der Waals surface area (Å²) in [6.45, 7) is 1.14. The van der Waals surface area contributed by atoms with Gasteiger partial charge in [-0.2, -0.15) is 0 Å². The molecule has 2 unspecified atom stereocenters. The second kappa shape index (κ2) is 5.63. The van der Waals surface area contributed by atoms with Crippen LogP contribution in [0.1, 0.15) is 44.9 Å². The van der Waals surface area contributed by atoms with E-state index in [9.17, 15) is 4.79 Å². The highest BCUT2D eigenvalue weighted by Crippen LogP contribution is 2.65. The molecule has 4 bridgehead atoms. The number of halogens is 1. The van der Waals surface area contributed by atoms with Gasteiger partial charge in [0.1, 0.15) is 13.2 Å². The summed E-state index contributed by atoms with van der Waals surface area (Å²) in [6.07, 6.45) is 8.23. The minimum absolute atomic E-state index is 0.134. The van der Waals surface area contributed by atoms with Gasteiger partial charge >= 0.3 is 0 Å². The number of fused-ring (bicyclic) bond motifs is 1. The first-order chi connectivity index (χ1) is 12.0. The van der Waals surface area contributed by atoms with E-state index in [-0.39, 0.29) is 11.3 Å². The van der Waals surface area contributed by atoms with Gasteiger partial charge in [-0.05, 0) is 67.9 Å². The maximum atomic E-state index is 12.8. The number of benzene rings is 1. The van der Waals surface area contributed by atoms with E-state index >= 15 is 0 Å². The molecule has 4 atom stereocenters. The van der Waals surface area contributed by atoms with Crippen LogP contribution in [0.2, 0.25) is 0 Å². The van der Waals surface area contributed by atoms with Crippen LogP contribution in [0.3, 0.4) is 0 Å². The molecule has 1 aromatic carbocycles. The lowest BCUT2D eigenvalue weighted by molar-refractivity contribution is -0.123. The molecule has 1 amide bonds. The smallest absolute Gasteiger partial charge is 0.224 e. The normalized spacial score (nSPS) is 37.8. The van der Waals surface area contributed by atoms with Crippen molar-refractivity contribution in [2.75, 3.05) is 18.5 Å². The lowest BCUT2D eigenvalue weighted by atomic mass is 9.48. The second-order valence-electron chi connectivity index (χ2n) is 8.70. The lowest BCUT2D eigenvalue weighted by Gasteiger charge is -2.60. The Labute approximate surface area is 156 Å². The van der Waals surface area contributed by atoms with E-state index in [2.05, 4.69) is 21.2 Å². The minimum Gasteiger partial charge on any atom is -0.486 e. The zero-order chi connectivity index (χ0) is 17.1. The van der Waals surface area contributed by atoms with Crippen molar-refractivity contribution in [3.05, 3.63) is 18.2 Å². The number of hydrogen-bond donors (Lipinski definition) is 1. The van der Waals surface area contributed by atoms with Gasteiger partial charge in [0, 0.05) is 22.5 Å². The molecular formula is C20H24BrNO3. The molecule has 4 fully saturated rings. The number of ether oxygens (including phenoxy) is 2. The third-order valence-corrected chi connectivity index (χ3v) is 7.40. The first kappa shape index (κ1) is 16.0. The van der Waals surface area contributed by atoms with Crippen molar-refractivity contribution in [3.63, 3.8) is 0 Å². The standard InChI is InChI=1S/C20H24BrNO3/c21-20-9-13-5-14(10-20)8-19(7-13,12-20)11-18(23)22-15-1-2-16-17(6-15)25-4-3-24-16/h1-2,6,13-14H,3-5,7-12H2,(H,22,23)/t13-,14+,19?,20?. The molecule has 4 nitrogen and oxygen atoms in total. The Morgan fingerprint density at radius 3 is 2.56 bits per heavy atom. The molecule has 4 saturated carbocycles. The van der Waals surface area contributed by atoms with Crippen LogP contribution in [0.4, 0.5) is 5.69 Å². The Hall–Kier alpha value is -1.23. The molecule has 4 aliphatic carbocycles. The Bertz CT molecular complexity index is 705. The predicted octanol–water partition coefficient (Wildman–Crippen LogP) is 4.52. The summed E-state index contributed by atoms with van der Waals surface area (Å²) < 4.78 is 11.5. The monoisotopic (exact) mass is 405 g/mol. The van der Waals surface area contributed by atoms with Crippen LogP contribution < -0.4 is 14.8 Å². The number of rotatable bonds is 3.